The van der Waals surface area contributed by atoms with Crippen molar-refractivity contribution in [3.05, 3.63) is 48.8 Å². The summed E-state index contributed by atoms with van der Waals surface area (Å²) < 4.78 is 37.8. The lowest BCUT2D eigenvalue weighted by Gasteiger charge is -2.00. The number of carboxylic acid groups (broad SMARTS) is 1. The van der Waals surface area contributed by atoms with E-state index in [2.05, 4.69) is 19.9 Å². The van der Waals surface area contributed by atoms with Crippen molar-refractivity contribution in [2.45, 2.75) is 12.7 Å². The molecule has 11 heteroatoms. The number of esters is 1. The minimum atomic E-state index is -4.85. The van der Waals surface area contributed by atoms with Gasteiger partial charge in [-0.2, -0.15) is 17.7 Å². The highest BCUT2D eigenvalue weighted by atomic mass is 19.4. The molecule has 0 spiro atoms. The highest BCUT2D eigenvalue weighted by molar-refractivity contribution is 5.75. The van der Waals surface area contributed by atoms with Crippen molar-refractivity contribution < 1.29 is 37.2 Å². The first-order valence-corrected chi connectivity index (χ1v) is 7.66. The van der Waals surface area contributed by atoms with E-state index in [-0.39, 0.29) is 6.54 Å². The van der Waals surface area contributed by atoms with Gasteiger partial charge in [-0.3, -0.25) is 0 Å². The Balaban J connectivity index is 0.000000300. The van der Waals surface area contributed by atoms with Crippen molar-refractivity contribution in [3.8, 4) is 11.4 Å². The van der Waals surface area contributed by atoms with E-state index in [9.17, 15) is 22.8 Å². The third kappa shape index (κ3) is 5.69. The molecule has 0 fully saturated rings. The highest BCUT2D eigenvalue weighted by Gasteiger charge is 2.40. The number of carboxylic acids is 1. The lowest BCUT2D eigenvalue weighted by molar-refractivity contribution is -0.685. The number of ether oxygens (including phenoxy) is 1. The summed E-state index contributed by atoms with van der Waals surface area (Å²) >= 11 is 0. The van der Waals surface area contributed by atoms with Crippen molar-refractivity contribution in [2.75, 3.05) is 7.11 Å². The van der Waals surface area contributed by atoms with Crippen molar-refractivity contribution in [1.29, 1.82) is 0 Å². The van der Waals surface area contributed by atoms with Crippen LogP contribution in [0.15, 0.2) is 48.8 Å². The number of hydrogen-bond acceptors (Lipinski definition) is 6. The van der Waals surface area contributed by atoms with Gasteiger partial charge in [0, 0.05) is 17.7 Å². The Morgan fingerprint density at radius 1 is 1.07 bits per heavy atom. The third-order valence-electron chi connectivity index (χ3n) is 3.24. The Kier molecular flexibility index (Phi) is 6.53. The van der Waals surface area contributed by atoms with Gasteiger partial charge in [-0.05, 0) is 12.1 Å². The van der Waals surface area contributed by atoms with Crippen LogP contribution in [0.1, 0.15) is 0 Å². The van der Waals surface area contributed by atoms with E-state index in [0.717, 1.165) is 16.6 Å². The number of benzene rings is 1. The molecule has 28 heavy (non-hydrogen) atoms. The fraction of sp³-hybridized carbons (Fsp3) is 0.176. The first-order chi connectivity index (χ1) is 13.2. The summed E-state index contributed by atoms with van der Waals surface area (Å²) in [5.41, 5.74) is 2.32. The number of aliphatic carboxylic acids is 1. The average molecular weight is 395 g/mol. The van der Waals surface area contributed by atoms with Crippen molar-refractivity contribution in [2.24, 2.45) is 0 Å². The van der Waals surface area contributed by atoms with Gasteiger partial charge in [0.05, 0.1) is 12.6 Å². The summed E-state index contributed by atoms with van der Waals surface area (Å²) in [6.45, 7) is -0.0723. The summed E-state index contributed by atoms with van der Waals surface area (Å²) in [7, 11) is 0.676. The Morgan fingerprint density at radius 3 is 2.18 bits per heavy atom. The number of carbonyl (C=O) groups excluding carboxylic acids is 1. The predicted octanol–water partition coefficient (Wildman–Crippen LogP) is 1.79. The number of halogens is 3. The molecule has 3 rings (SSSR count). The lowest BCUT2D eigenvalue weighted by Crippen LogP contribution is -2.36. The van der Waals surface area contributed by atoms with Gasteiger partial charge in [0.15, 0.2) is 18.2 Å². The van der Waals surface area contributed by atoms with Crippen LogP contribution in [-0.4, -0.2) is 45.5 Å². The molecule has 0 atom stereocenters. The van der Waals surface area contributed by atoms with Gasteiger partial charge in [-0.1, -0.05) is 12.1 Å². The SMILES string of the molecule is COC(=O)C(F)(F)F.O=C(O)C[n+]1ccc(-c2nnc3ccccc3n2)cc1. The normalized spacial score (nSPS) is 10.7. The molecular weight excluding hydrogens is 381 g/mol. The van der Waals surface area contributed by atoms with Gasteiger partial charge in [0.25, 0.3) is 0 Å². The molecule has 0 radical (unpaired) electrons. The van der Waals surface area contributed by atoms with Crippen molar-refractivity contribution in [1.82, 2.24) is 15.2 Å². The number of nitrogens with zero attached hydrogens (tertiary/aromatic N) is 4. The van der Waals surface area contributed by atoms with E-state index in [4.69, 9.17) is 5.11 Å². The minimum absolute atomic E-state index is 0.0723. The fourth-order valence-corrected chi connectivity index (χ4v) is 1.99. The molecule has 1 N–H and O–H groups in total. The molecule has 0 bridgehead atoms. The van der Waals surface area contributed by atoms with Gasteiger partial charge >= 0.3 is 18.1 Å². The molecule has 8 nitrogen and oxygen atoms in total. The molecule has 0 aliphatic carbocycles. The molecule has 0 saturated carbocycles. The topological polar surface area (TPSA) is 106 Å². The fourth-order valence-electron chi connectivity index (χ4n) is 1.99. The van der Waals surface area contributed by atoms with Gasteiger partial charge in [-0.25, -0.2) is 14.6 Å². The van der Waals surface area contributed by atoms with Crippen molar-refractivity contribution in [3.63, 3.8) is 0 Å². The quantitative estimate of drug-likeness (QED) is 0.532. The zero-order valence-corrected chi connectivity index (χ0v) is 14.4. The van der Waals surface area contributed by atoms with Crippen LogP contribution in [0.3, 0.4) is 0 Å². The second kappa shape index (κ2) is 8.84. The number of aromatic nitrogens is 4. The average Bonchev–Trinajstić information content (AvgIpc) is 2.67. The van der Waals surface area contributed by atoms with Gasteiger partial charge in [0.2, 0.25) is 6.54 Å². The first-order valence-electron chi connectivity index (χ1n) is 7.66. The maximum atomic E-state index is 11.0. The zero-order valence-electron chi connectivity index (χ0n) is 14.4. The standard InChI is InChI=1S/C14H10N4O2.C3H3F3O2/c19-13(20)9-18-7-5-10(6-8-18)14-15-11-3-1-2-4-12(11)16-17-14;1-8-2(7)3(4,5)6/h1-8H,9H2;1H3/p+1. The van der Waals surface area contributed by atoms with E-state index >= 15 is 0 Å². The van der Waals surface area contributed by atoms with Crippen LogP contribution in [0, 0.1) is 0 Å². The predicted molar refractivity (Wildman–Crippen MR) is 88.7 cm³/mol. The van der Waals surface area contributed by atoms with Gasteiger partial charge in [-0.15, -0.1) is 10.2 Å². The number of para-hydroxylation sites is 1. The Bertz CT molecular complexity index is 978. The lowest BCUT2D eigenvalue weighted by atomic mass is 10.2. The summed E-state index contributed by atoms with van der Waals surface area (Å²) in [5, 5.41) is 16.9. The maximum Gasteiger partial charge on any atom is 0.490 e. The number of fused-ring (bicyclic) bond motifs is 1. The van der Waals surface area contributed by atoms with Crippen LogP contribution in [0.2, 0.25) is 0 Å². The van der Waals surface area contributed by atoms with E-state index < -0.39 is 18.1 Å². The molecule has 0 saturated heterocycles. The van der Waals surface area contributed by atoms with Crippen LogP contribution in [0.4, 0.5) is 13.2 Å². The van der Waals surface area contributed by atoms with Crippen LogP contribution >= 0.6 is 0 Å². The monoisotopic (exact) mass is 395 g/mol. The molecule has 2 aromatic heterocycles. The molecule has 1 aromatic carbocycles. The van der Waals surface area contributed by atoms with Gasteiger partial charge in [0.1, 0.15) is 5.52 Å². The summed E-state index contributed by atoms with van der Waals surface area (Å²) in [5.74, 6) is -2.53. The number of rotatable bonds is 3. The number of carbonyl (C=O) groups is 2. The summed E-state index contributed by atoms with van der Waals surface area (Å²) in [4.78, 5) is 24.5. The third-order valence-corrected chi connectivity index (χ3v) is 3.24. The Hall–Kier alpha value is -3.63. The maximum absolute atomic E-state index is 11.0. The molecule has 0 aliphatic rings. The molecule has 0 aliphatic heterocycles. The minimum Gasteiger partial charge on any atom is -0.477 e. The Labute approximate surface area is 156 Å². The van der Waals surface area contributed by atoms with Gasteiger partial charge < -0.3 is 9.84 Å². The molecular formula is C17H14F3N4O4+. The summed E-state index contributed by atoms with van der Waals surface area (Å²) in [6, 6.07) is 11.1. The number of hydrogen-bond donors (Lipinski definition) is 1. The van der Waals surface area contributed by atoms with E-state index in [1.165, 1.54) is 0 Å². The first kappa shape index (κ1) is 20.7. The Morgan fingerprint density at radius 2 is 1.68 bits per heavy atom. The summed E-state index contributed by atoms with van der Waals surface area (Å²) in [6.07, 6.45) is -1.49. The zero-order chi connectivity index (χ0) is 20.7. The highest BCUT2D eigenvalue weighted by Crippen LogP contribution is 2.16. The van der Waals surface area contributed by atoms with Crippen LogP contribution in [0.25, 0.3) is 22.4 Å². The smallest absolute Gasteiger partial charge is 0.477 e. The van der Waals surface area contributed by atoms with Crippen LogP contribution < -0.4 is 4.57 Å². The second-order valence-electron chi connectivity index (χ2n) is 5.27. The number of methoxy groups -OCH3 is 1. The van der Waals surface area contributed by atoms with E-state index in [0.29, 0.717) is 12.9 Å². The van der Waals surface area contributed by atoms with Crippen LogP contribution in [0.5, 0.6) is 0 Å². The second-order valence-corrected chi connectivity index (χ2v) is 5.27. The molecule has 2 heterocycles. The number of pyridine rings is 1. The molecule has 0 unspecified atom stereocenters. The molecule has 0 amide bonds. The van der Waals surface area contributed by atoms with E-state index in [1.807, 2.05) is 24.3 Å². The number of alkyl halides is 3. The van der Waals surface area contributed by atoms with Crippen LogP contribution in [-0.2, 0) is 20.9 Å². The van der Waals surface area contributed by atoms with E-state index in [1.54, 1.807) is 29.1 Å². The largest absolute Gasteiger partial charge is 0.490 e. The molecule has 146 valence electrons. The molecule has 3 aromatic rings. The van der Waals surface area contributed by atoms with Crippen molar-refractivity contribution >= 4 is 23.0 Å².